The summed E-state index contributed by atoms with van der Waals surface area (Å²) < 4.78 is 7.72. The molecule has 0 aliphatic heterocycles. The number of carbonyl (C=O) groups is 2. The largest absolute Gasteiger partial charge is 1.00 e. The van der Waals surface area contributed by atoms with Crippen molar-refractivity contribution >= 4 is 23.8 Å². The van der Waals surface area contributed by atoms with Crippen molar-refractivity contribution in [2.75, 3.05) is 0 Å². The first kappa shape index (κ1) is 19.7. The van der Waals surface area contributed by atoms with Crippen molar-refractivity contribution in [3.63, 3.8) is 0 Å². The van der Waals surface area contributed by atoms with E-state index in [1.54, 1.807) is 13.8 Å². The Bertz CT molecular complexity index is 165. The Balaban J connectivity index is -0.000000376. The first-order valence-electron chi connectivity index (χ1n) is 3.42. The van der Waals surface area contributed by atoms with E-state index in [0.29, 0.717) is 0 Å². The van der Waals surface area contributed by atoms with Crippen LogP contribution in [0.4, 0.5) is 0 Å². The van der Waals surface area contributed by atoms with Crippen molar-refractivity contribution in [2.24, 2.45) is 5.41 Å². The summed E-state index contributed by atoms with van der Waals surface area (Å²) in [6.45, 7) is 3.24. The molecule has 0 aromatic heterocycles. The van der Waals surface area contributed by atoms with Gasteiger partial charge in [0, 0.05) is 0 Å². The number of rotatable bonds is 4. The van der Waals surface area contributed by atoms with E-state index in [1.165, 1.54) is 0 Å². The SMILES string of the molecule is CC(C)(CC(=O)O)CC(=O)O.[Na+].[O-]Cl. The number of aliphatic carboxylic acids is 2. The quantitative estimate of drug-likeness (QED) is 0.523. The molecule has 0 radical (unpaired) electrons. The van der Waals surface area contributed by atoms with Crippen LogP contribution in [0.15, 0.2) is 0 Å². The fourth-order valence-corrected chi connectivity index (χ4v) is 0.881. The molecule has 0 bridgehead atoms. The standard InChI is InChI=1S/C7H12O4.ClO.Na/c1-7(2,3-5(8)9)4-6(10)11;1-2;/h3-4H2,1-2H3,(H,8,9)(H,10,11);;/q;-1;+1. The van der Waals surface area contributed by atoms with Crippen molar-refractivity contribution in [1.82, 2.24) is 0 Å². The molecule has 14 heavy (non-hydrogen) atoms. The Labute approximate surface area is 110 Å². The zero-order valence-electron chi connectivity index (χ0n) is 8.41. The minimum absolute atomic E-state index is 0. The molecule has 78 valence electrons. The molecule has 0 aliphatic rings. The molecule has 0 aromatic rings. The zero-order chi connectivity index (χ0) is 11.1. The van der Waals surface area contributed by atoms with E-state index in [-0.39, 0.29) is 42.4 Å². The Morgan fingerprint density at radius 2 is 1.36 bits per heavy atom. The van der Waals surface area contributed by atoms with Crippen LogP contribution >= 0.6 is 11.9 Å². The Hall–Kier alpha value is 0.190. The van der Waals surface area contributed by atoms with E-state index in [0.717, 1.165) is 0 Å². The van der Waals surface area contributed by atoms with Gasteiger partial charge in [-0.15, -0.1) is 0 Å². The molecule has 5 nitrogen and oxygen atoms in total. The van der Waals surface area contributed by atoms with Gasteiger partial charge in [0.2, 0.25) is 0 Å². The Morgan fingerprint density at radius 3 is 1.50 bits per heavy atom. The van der Waals surface area contributed by atoms with Gasteiger partial charge in [0.15, 0.2) is 0 Å². The number of hydrogen-bond acceptors (Lipinski definition) is 3. The summed E-state index contributed by atoms with van der Waals surface area (Å²) in [6.07, 6.45) is -0.224. The fourth-order valence-electron chi connectivity index (χ4n) is 0.881. The van der Waals surface area contributed by atoms with E-state index in [2.05, 4.69) is 11.9 Å². The summed E-state index contributed by atoms with van der Waals surface area (Å²) in [5.41, 5.74) is -0.655. The maximum Gasteiger partial charge on any atom is 1.00 e. The molecule has 0 atom stereocenters. The summed E-state index contributed by atoms with van der Waals surface area (Å²) in [4.78, 5) is 20.4. The van der Waals surface area contributed by atoms with Gasteiger partial charge in [0.25, 0.3) is 0 Å². The van der Waals surface area contributed by atoms with E-state index >= 15 is 0 Å². The van der Waals surface area contributed by atoms with Crippen LogP contribution < -0.4 is 34.2 Å². The van der Waals surface area contributed by atoms with Crippen LogP contribution in [0.25, 0.3) is 0 Å². The number of hydrogen-bond donors (Lipinski definition) is 2. The van der Waals surface area contributed by atoms with Gasteiger partial charge in [-0.25, -0.2) is 11.9 Å². The van der Waals surface area contributed by atoms with Crippen LogP contribution in [0.1, 0.15) is 26.7 Å². The van der Waals surface area contributed by atoms with Crippen LogP contribution in [-0.4, -0.2) is 22.2 Å². The summed E-state index contributed by atoms with van der Waals surface area (Å²) in [5, 5.41) is 16.7. The second-order valence-electron chi connectivity index (χ2n) is 3.31. The van der Waals surface area contributed by atoms with Crippen LogP contribution in [0.5, 0.6) is 0 Å². The zero-order valence-corrected chi connectivity index (χ0v) is 11.2. The predicted molar refractivity (Wildman–Crippen MR) is 44.1 cm³/mol. The molecule has 0 saturated heterocycles. The van der Waals surface area contributed by atoms with E-state index in [1.807, 2.05) is 0 Å². The molecule has 7 heteroatoms. The van der Waals surface area contributed by atoms with Crippen LogP contribution in [0, 0.1) is 5.41 Å². The second kappa shape index (κ2) is 9.73. The maximum absolute atomic E-state index is 10.2. The third-order valence-electron chi connectivity index (χ3n) is 1.26. The Kier molecular flexibility index (Phi) is 13.7. The average Bonchev–Trinajstić information content (AvgIpc) is 1.85. The summed E-state index contributed by atoms with van der Waals surface area (Å²) in [7, 11) is 0. The van der Waals surface area contributed by atoms with E-state index in [4.69, 9.17) is 14.9 Å². The molecule has 0 fully saturated rings. The fraction of sp³-hybridized carbons (Fsp3) is 0.714. The molecular weight excluding hydrogens is 223 g/mol. The van der Waals surface area contributed by atoms with E-state index in [9.17, 15) is 9.59 Å². The third kappa shape index (κ3) is 14.7. The number of carboxylic acids is 2. The first-order chi connectivity index (χ1) is 5.83. The van der Waals surface area contributed by atoms with Gasteiger partial charge < -0.3 is 14.9 Å². The smallest absolute Gasteiger partial charge is 0.769 e. The summed E-state index contributed by atoms with van der Waals surface area (Å²) in [5.74, 6) is -1.92. The van der Waals surface area contributed by atoms with Crippen molar-refractivity contribution in [2.45, 2.75) is 26.7 Å². The molecule has 0 heterocycles. The minimum atomic E-state index is -0.962. The van der Waals surface area contributed by atoms with Gasteiger partial charge in [-0.05, 0) is 5.41 Å². The van der Waals surface area contributed by atoms with Gasteiger partial charge >= 0.3 is 41.5 Å². The minimum Gasteiger partial charge on any atom is -0.769 e. The normalized spacial score (nSPS) is 9.14. The molecule has 0 aromatic carbocycles. The predicted octanol–water partition coefficient (Wildman–Crippen LogP) is -2.53. The third-order valence-corrected chi connectivity index (χ3v) is 1.26. The molecular formula is C7H12ClNaO5. The first-order valence-corrected chi connectivity index (χ1v) is 3.73. The van der Waals surface area contributed by atoms with Gasteiger partial charge in [-0.1, -0.05) is 13.8 Å². The van der Waals surface area contributed by atoms with Gasteiger partial charge in [0.1, 0.15) is 0 Å². The Morgan fingerprint density at radius 1 is 1.14 bits per heavy atom. The summed E-state index contributed by atoms with van der Waals surface area (Å²) >= 11 is 3.39. The molecule has 0 saturated carbocycles. The molecule has 0 unspecified atom stereocenters. The van der Waals surface area contributed by atoms with Crippen molar-refractivity contribution in [3.8, 4) is 0 Å². The molecule has 0 amide bonds. The van der Waals surface area contributed by atoms with Crippen molar-refractivity contribution in [3.05, 3.63) is 0 Å². The van der Waals surface area contributed by atoms with Crippen LogP contribution in [0.2, 0.25) is 0 Å². The maximum atomic E-state index is 10.2. The molecule has 2 N–H and O–H groups in total. The van der Waals surface area contributed by atoms with Gasteiger partial charge in [0.05, 0.1) is 12.8 Å². The second-order valence-corrected chi connectivity index (χ2v) is 3.31. The average molecular weight is 235 g/mol. The number of halogens is 1. The molecule has 0 rings (SSSR count). The van der Waals surface area contributed by atoms with Crippen molar-refractivity contribution < 1.29 is 54.0 Å². The molecule has 0 aliphatic carbocycles. The van der Waals surface area contributed by atoms with Gasteiger partial charge in [-0.3, -0.25) is 9.59 Å². The monoisotopic (exact) mass is 234 g/mol. The topological polar surface area (TPSA) is 97.7 Å². The van der Waals surface area contributed by atoms with Crippen molar-refractivity contribution in [1.29, 1.82) is 0 Å². The van der Waals surface area contributed by atoms with Crippen LogP contribution in [-0.2, 0) is 9.59 Å². The number of carboxylic acid groups (broad SMARTS) is 2. The molecule has 0 spiro atoms. The summed E-state index contributed by atoms with van der Waals surface area (Å²) in [6, 6.07) is 0. The van der Waals surface area contributed by atoms with Gasteiger partial charge in [-0.2, -0.15) is 0 Å². The van der Waals surface area contributed by atoms with Crippen LogP contribution in [0.3, 0.4) is 0 Å². The van der Waals surface area contributed by atoms with E-state index < -0.39 is 17.4 Å².